The number of pyridine rings is 1. The van der Waals surface area contributed by atoms with Gasteiger partial charge in [0.25, 0.3) is 5.91 Å². The minimum atomic E-state index is -0.308. The van der Waals surface area contributed by atoms with E-state index in [1.54, 1.807) is 36.5 Å². The van der Waals surface area contributed by atoms with E-state index in [-0.39, 0.29) is 23.8 Å². The second-order valence-electron chi connectivity index (χ2n) is 9.27. The number of amides is 1. The number of fused-ring (bicyclic) bond motifs is 1. The Kier molecular flexibility index (Phi) is 7.02. The van der Waals surface area contributed by atoms with Crippen LogP contribution >= 0.6 is 0 Å². The summed E-state index contributed by atoms with van der Waals surface area (Å²) in [7, 11) is 2.10. The number of nitrogens with one attached hydrogen (secondary N) is 1. The standard InChI is InChI=1S/C28H28N8O2/c1-18(19-5-3-7-22(15-19)38-27-21(17-29)6-4-10-31-27)32-26(37)20-8-9-23-24(16-20)33-28(30)34-25(23)36-13-11-35(2)12-14-36/h3-10,15-16,18H,11-14H2,1-2H3,(H,32,37)(H2,30,33,34). The van der Waals surface area contributed by atoms with Crippen molar-refractivity contribution in [2.45, 2.75) is 13.0 Å². The Morgan fingerprint density at radius 1 is 1.11 bits per heavy atom. The number of carbonyl (C=O) groups excluding carboxylic acids is 1. The monoisotopic (exact) mass is 508 g/mol. The van der Waals surface area contributed by atoms with Crippen molar-refractivity contribution in [3.05, 3.63) is 77.5 Å². The largest absolute Gasteiger partial charge is 0.438 e. The van der Waals surface area contributed by atoms with Gasteiger partial charge in [0.1, 0.15) is 23.2 Å². The number of nitriles is 1. The van der Waals surface area contributed by atoms with Gasteiger partial charge >= 0.3 is 0 Å². The van der Waals surface area contributed by atoms with Crippen LogP contribution in [0.15, 0.2) is 60.8 Å². The SMILES string of the molecule is CC(NC(=O)c1ccc2c(N3CCN(C)CC3)nc(N)nc2c1)c1cccc(Oc2ncccc2C#N)c1. The number of likely N-dealkylation sites (N-methyl/N-ethyl adjacent to an activating group) is 1. The average molecular weight is 509 g/mol. The molecule has 1 aliphatic rings. The number of hydrogen-bond acceptors (Lipinski definition) is 9. The number of benzene rings is 2. The Morgan fingerprint density at radius 3 is 2.71 bits per heavy atom. The summed E-state index contributed by atoms with van der Waals surface area (Å²) < 4.78 is 5.83. The summed E-state index contributed by atoms with van der Waals surface area (Å²) in [5.74, 6) is 1.50. The zero-order valence-corrected chi connectivity index (χ0v) is 21.3. The second kappa shape index (κ2) is 10.7. The molecule has 3 N–H and O–H groups in total. The van der Waals surface area contributed by atoms with Crippen molar-refractivity contribution in [1.29, 1.82) is 5.26 Å². The second-order valence-corrected chi connectivity index (χ2v) is 9.27. The van der Waals surface area contributed by atoms with E-state index in [9.17, 15) is 10.1 Å². The van der Waals surface area contributed by atoms with Gasteiger partial charge in [0.05, 0.1) is 11.6 Å². The van der Waals surface area contributed by atoms with Crippen molar-refractivity contribution in [3.63, 3.8) is 0 Å². The van der Waals surface area contributed by atoms with E-state index in [0.29, 0.717) is 22.4 Å². The van der Waals surface area contributed by atoms with Crippen molar-refractivity contribution in [1.82, 2.24) is 25.2 Å². The maximum atomic E-state index is 13.2. The van der Waals surface area contributed by atoms with E-state index in [4.69, 9.17) is 10.5 Å². The quantitative estimate of drug-likeness (QED) is 0.401. The fourth-order valence-corrected chi connectivity index (χ4v) is 4.41. The molecule has 1 aliphatic heterocycles. The van der Waals surface area contributed by atoms with Crippen LogP contribution in [0.4, 0.5) is 11.8 Å². The van der Waals surface area contributed by atoms with Gasteiger partial charge in [-0.25, -0.2) is 9.97 Å². The third-order valence-corrected chi connectivity index (χ3v) is 6.57. The molecule has 10 nitrogen and oxygen atoms in total. The van der Waals surface area contributed by atoms with Gasteiger partial charge in [0.15, 0.2) is 0 Å². The van der Waals surface area contributed by atoms with Crippen molar-refractivity contribution in [3.8, 4) is 17.7 Å². The molecule has 4 aromatic rings. The van der Waals surface area contributed by atoms with Gasteiger partial charge in [0, 0.05) is 43.3 Å². The van der Waals surface area contributed by atoms with Gasteiger partial charge in [-0.3, -0.25) is 4.79 Å². The summed E-state index contributed by atoms with van der Waals surface area (Å²) in [4.78, 5) is 30.7. The predicted octanol–water partition coefficient (Wildman–Crippen LogP) is 3.51. The van der Waals surface area contributed by atoms with E-state index in [1.165, 1.54) is 0 Å². The lowest BCUT2D eigenvalue weighted by Gasteiger charge is -2.33. The zero-order chi connectivity index (χ0) is 26.6. The number of rotatable bonds is 6. The smallest absolute Gasteiger partial charge is 0.251 e. The lowest BCUT2D eigenvalue weighted by Crippen LogP contribution is -2.45. The predicted molar refractivity (Wildman–Crippen MR) is 145 cm³/mol. The van der Waals surface area contributed by atoms with Crippen LogP contribution in [0.25, 0.3) is 10.9 Å². The summed E-state index contributed by atoms with van der Waals surface area (Å²) >= 11 is 0. The molecule has 38 heavy (non-hydrogen) atoms. The number of ether oxygens (including phenoxy) is 1. The highest BCUT2D eigenvalue weighted by Crippen LogP contribution is 2.28. The topological polar surface area (TPSA) is 133 Å². The molecule has 0 saturated carbocycles. The summed E-state index contributed by atoms with van der Waals surface area (Å²) in [6.07, 6.45) is 1.57. The van der Waals surface area contributed by atoms with Crippen LogP contribution in [0.2, 0.25) is 0 Å². The lowest BCUT2D eigenvalue weighted by atomic mass is 10.1. The van der Waals surface area contributed by atoms with E-state index in [1.807, 2.05) is 31.2 Å². The lowest BCUT2D eigenvalue weighted by molar-refractivity contribution is 0.0940. The van der Waals surface area contributed by atoms with Gasteiger partial charge in [-0.1, -0.05) is 12.1 Å². The molecule has 3 heterocycles. The first-order valence-electron chi connectivity index (χ1n) is 12.4. The van der Waals surface area contributed by atoms with Gasteiger partial charge in [0.2, 0.25) is 11.8 Å². The minimum Gasteiger partial charge on any atom is -0.438 e. The summed E-state index contributed by atoms with van der Waals surface area (Å²) in [5, 5.41) is 13.2. The number of nitrogens with zero attached hydrogens (tertiary/aromatic N) is 6. The average Bonchev–Trinajstić information content (AvgIpc) is 2.93. The molecule has 2 aromatic carbocycles. The van der Waals surface area contributed by atoms with E-state index in [2.05, 4.69) is 43.2 Å². The molecule has 0 bridgehead atoms. The van der Waals surface area contributed by atoms with Crippen LogP contribution in [0.1, 0.15) is 34.5 Å². The Balaban J connectivity index is 1.33. The van der Waals surface area contributed by atoms with Gasteiger partial charge in [-0.05, 0) is 62.0 Å². The van der Waals surface area contributed by atoms with Crippen LogP contribution < -0.4 is 20.7 Å². The molecule has 192 valence electrons. The first kappa shape index (κ1) is 24.9. The molecule has 1 amide bonds. The van der Waals surface area contributed by atoms with Gasteiger partial charge < -0.3 is 25.6 Å². The third kappa shape index (κ3) is 5.33. The van der Waals surface area contributed by atoms with E-state index in [0.717, 1.165) is 42.9 Å². The molecule has 1 atom stereocenters. The molecular formula is C28H28N8O2. The highest BCUT2D eigenvalue weighted by atomic mass is 16.5. The highest BCUT2D eigenvalue weighted by Gasteiger charge is 2.20. The number of piperazine rings is 1. The number of carbonyl (C=O) groups is 1. The van der Waals surface area contributed by atoms with Crippen molar-refractivity contribution >= 4 is 28.6 Å². The van der Waals surface area contributed by atoms with Crippen LogP contribution in [0, 0.1) is 11.3 Å². The molecule has 10 heteroatoms. The molecule has 0 aliphatic carbocycles. The van der Waals surface area contributed by atoms with Crippen LogP contribution in [-0.4, -0.2) is 59.0 Å². The minimum absolute atomic E-state index is 0.182. The molecule has 0 spiro atoms. The summed E-state index contributed by atoms with van der Waals surface area (Å²) in [6, 6.07) is 17.8. The first-order valence-corrected chi connectivity index (χ1v) is 12.4. The van der Waals surface area contributed by atoms with E-state index < -0.39 is 0 Å². The number of anilines is 2. The van der Waals surface area contributed by atoms with Crippen molar-refractivity contribution in [2.75, 3.05) is 43.9 Å². The Hall–Kier alpha value is -4.75. The summed E-state index contributed by atoms with van der Waals surface area (Å²) in [6.45, 7) is 5.48. The Morgan fingerprint density at radius 2 is 1.92 bits per heavy atom. The van der Waals surface area contributed by atoms with Crippen LogP contribution in [0.5, 0.6) is 11.6 Å². The Labute approximate surface area is 220 Å². The van der Waals surface area contributed by atoms with E-state index >= 15 is 0 Å². The van der Waals surface area contributed by atoms with Crippen molar-refractivity contribution in [2.24, 2.45) is 0 Å². The summed E-state index contributed by atoms with van der Waals surface area (Å²) in [5.41, 5.74) is 8.33. The highest BCUT2D eigenvalue weighted by molar-refractivity contribution is 6.00. The first-order chi connectivity index (χ1) is 18.4. The third-order valence-electron chi connectivity index (χ3n) is 6.57. The molecule has 5 rings (SSSR count). The zero-order valence-electron chi connectivity index (χ0n) is 21.3. The maximum absolute atomic E-state index is 13.2. The number of aromatic nitrogens is 3. The van der Waals surface area contributed by atoms with Crippen LogP contribution in [-0.2, 0) is 0 Å². The molecule has 1 unspecified atom stereocenters. The number of nitrogens with two attached hydrogens (primary N) is 1. The fourth-order valence-electron chi connectivity index (χ4n) is 4.41. The number of nitrogen functional groups attached to an aromatic ring is 1. The molecule has 0 radical (unpaired) electrons. The normalized spacial score (nSPS) is 14.6. The molecule has 1 saturated heterocycles. The maximum Gasteiger partial charge on any atom is 0.251 e. The fraction of sp³-hybridized carbons (Fsp3) is 0.250. The molecule has 2 aromatic heterocycles. The Bertz CT molecular complexity index is 1530. The van der Waals surface area contributed by atoms with Crippen molar-refractivity contribution < 1.29 is 9.53 Å². The molecule has 1 fully saturated rings. The van der Waals surface area contributed by atoms with Gasteiger partial charge in [-0.2, -0.15) is 10.2 Å². The van der Waals surface area contributed by atoms with Gasteiger partial charge in [-0.15, -0.1) is 0 Å². The molecular weight excluding hydrogens is 480 g/mol. The van der Waals surface area contributed by atoms with Crippen LogP contribution in [0.3, 0.4) is 0 Å². The number of hydrogen-bond donors (Lipinski definition) is 2.